The maximum Gasteiger partial charge on any atom is 0.471 e. The zero-order valence-corrected chi connectivity index (χ0v) is 15.6. The summed E-state index contributed by atoms with van der Waals surface area (Å²) in [4.78, 5) is 13.0. The third-order valence-electron chi connectivity index (χ3n) is 3.34. The van der Waals surface area contributed by atoms with E-state index in [1.54, 1.807) is 25.4 Å². The van der Waals surface area contributed by atoms with Crippen molar-refractivity contribution in [1.29, 1.82) is 0 Å². The van der Waals surface area contributed by atoms with Gasteiger partial charge in [0.2, 0.25) is 5.28 Å². The van der Waals surface area contributed by atoms with Crippen molar-refractivity contribution in [2.24, 2.45) is 0 Å². The molecule has 6 nitrogen and oxygen atoms in total. The van der Waals surface area contributed by atoms with Gasteiger partial charge in [0.05, 0.1) is 10.6 Å². The van der Waals surface area contributed by atoms with Crippen LogP contribution in [0.5, 0.6) is 0 Å². The molecule has 12 heteroatoms. The van der Waals surface area contributed by atoms with Crippen molar-refractivity contribution < 1.29 is 17.4 Å². The van der Waals surface area contributed by atoms with Gasteiger partial charge in [0.1, 0.15) is 21.5 Å². The second-order valence-electron chi connectivity index (χ2n) is 5.20. The van der Waals surface area contributed by atoms with Gasteiger partial charge in [-0.1, -0.05) is 0 Å². The van der Waals surface area contributed by atoms with Crippen molar-refractivity contribution >= 4 is 33.7 Å². The molecule has 3 aromatic rings. The summed E-state index contributed by atoms with van der Waals surface area (Å²) >= 11 is 7.03. The highest BCUT2D eigenvalue weighted by Gasteiger charge is 2.36. The smallest absolute Gasteiger partial charge is 0.282 e. The van der Waals surface area contributed by atoms with Crippen LogP contribution < -0.4 is 0 Å². The van der Waals surface area contributed by atoms with Gasteiger partial charge in [-0.25, -0.2) is 15.0 Å². The van der Waals surface area contributed by atoms with Gasteiger partial charge < -0.3 is 0 Å². The van der Waals surface area contributed by atoms with Crippen LogP contribution in [0.15, 0.2) is 18.5 Å². The number of rotatable bonds is 5. The zero-order valence-electron chi connectivity index (χ0n) is 13.2. The molecule has 1 unspecified atom stereocenters. The van der Waals surface area contributed by atoms with Crippen LogP contribution >= 0.6 is 22.9 Å². The van der Waals surface area contributed by atoms with E-state index < -0.39 is 22.1 Å². The minimum absolute atomic E-state index is 0.0190. The Balaban J connectivity index is 1.77. The third kappa shape index (κ3) is 4.27. The van der Waals surface area contributed by atoms with Crippen LogP contribution in [0.4, 0.5) is 13.2 Å². The third-order valence-corrected chi connectivity index (χ3v) is 5.86. The fourth-order valence-corrected chi connectivity index (χ4v) is 3.84. The second-order valence-corrected chi connectivity index (χ2v) is 8.10. The van der Waals surface area contributed by atoms with Gasteiger partial charge in [0.25, 0.3) is 0 Å². The normalized spacial score (nSPS) is 13.1. The van der Waals surface area contributed by atoms with E-state index in [0.29, 0.717) is 22.0 Å². The lowest BCUT2D eigenvalue weighted by Gasteiger charge is -2.04. The van der Waals surface area contributed by atoms with Crippen LogP contribution in [0.2, 0.25) is 5.28 Å². The molecule has 0 amide bonds. The van der Waals surface area contributed by atoms with E-state index in [4.69, 9.17) is 11.6 Å². The standard InChI is InChI=1S/C14H11ClF3N5OS2/c1-7-11(25-12(21-7)8-5-19-13(15)20-6-8)10-4-9(22-23-10)2-3-26(24)14(16,17)18/h4-6H,2-3H2,1H3,(H,22,23). The first-order valence-corrected chi connectivity index (χ1v) is 9.70. The Bertz CT molecular complexity index is 939. The molecule has 26 heavy (non-hydrogen) atoms. The van der Waals surface area contributed by atoms with E-state index in [1.165, 1.54) is 11.3 Å². The van der Waals surface area contributed by atoms with Crippen LogP contribution in [-0.2, 0) is 17.2 Å². The zero-order chi connectivity index (χ0) is 18.9. The van der Waals surface area contributed by atoms with Crippen molar-refractivity contribution in [2.45, 2.75) is 18.9 Å². The molecule has 1 atom stereocenters. The molecule has 0 radical (unpaired) electrons. The van der Waals surface area contributed by atoms with Crippen molar-refractivity contribution in [3.05, 3.63) is 35.1 Å². The number of aromatic nitrogens is 5. The molecule has 0 aliphatic rings. The van der Waals surface area contributed by atoms with Gasteiger partial charge in [-0.05, 0) is 24.6 Å². The number of hydrogen-bond acceptors (Lipinski definition) is 6. The summed E-state index contributed by atoms with van der Waals surface area (Å²) in [6.07, 6.45) is 3.09. The first kappa shape index (κ1) is 18.9. The molecule has 3 heterocycles. The Labute approximate surface area is 157 Å². The largest absolute Gasteiger partial charge is 0.471 e. The average Bonchev–Trinajstić information content (AvgIpc) is 3.19. The Morgan fingerprint density at radius 2 is 2.00 bits per heavy atom. The van der Waals surface area contributed by atoms with Gasteiger partial charge >= 0.3 is 5.51 Å². The summed E-state index contributed by atoms with van der Waals surface area (Å²) < 4.78 is 48.0. The molecule has 0 aliphatic heterocycles. The monoisotopic (exact) mass is 421 g/mol. The van der Waals surface area contributed by atoms with Gasteiger partial charge in [-0.2, -0.15) is 18.3 Å². The first-order chi connectivity index (χ1) is 12.2. The quantitative estimate of drug-likeness (QED) is 0.634. The van der Waals surface area contributed by atoms with Gasteiger partial charge in [0.15, 0.2) is 0 Å². The summed E-state index contributed by atoms with van der Waals surface area (Å²) in [6.45, 7) is 1.80. The highest BCUT2D eigenvalue weighted by Crippen LogP contribution is 2.34. The summed E-state index contributed by atoms with van der Waals surface area (Å²) in [5.74, 6) is -0.514. The van der Waals surface area contributed by atoms with Crippen LogP contribution in [0.25, 0.3) is 21.1 Å². The van der Waals surface area contributed by atoms with E-state index in [1.807, 2.05) is 0 Å². The molecule has 0 fully saturated rings. The Morgan fingerprint density at radius 3 is 2.65 bits per heavy atom. The van der Waals surface area contributed by atoms with E-state index in [0.717, 1.165) is 10.6 Å². The van der Waals surface area contributed by atoms with Crippen LogP contribution in [0.3, 0.4) is 0 Å². The molecular formula is C14H11ClF3N5OS2. The highest BCUT2D eigenvalue weighted by atomic mass is 35.5. The predicted molar refractivity (Wildman–Crippen MR) is 93.2 cm³/mol. The first-order valence-electron chi connectivity index (χ1n) is 7.19. The molecule has 1 N–H and O–H groups in total. The lowest BCUT2D eigenvalue weighted by Crippen LogP contribution is -2.20. The molecule has 3 aromatic heterocycles. The molecule has 138 valence electrons. The summed E-state index contributed by atoms with van der Waals surface area (Å²) in [7, 11) is -2.88. The van der Waals surface area contributed by atoms with Gasteiger partial charge in [0, 0.05) is 35.8 Å². The second kappa shape index (κ2) is 7.41. The average molecular weight is 422 g/mol. The van der Waals surface area contributed by atoms with Crippen LogP contribution in [0.1, 0.15) is 11.4 Å². The number of hydrogen-bond donors (Lipinski definition) is 1. The van der Waals surface area contributed by atoms with Crippen LogP contribution in [-0.4, -0.2) is 40.6 Å². The van der Waals surface area contributed by atoms with Gasteiger partial charge in [-0.3, -0.25) is 9.31 Å². The number of aromatic amines is 1. The fourth-order valence-electron chi connectivity index (χ4n) is 2.10. The Hall–Kier alpha value is -1.85. The molecule has 0 saturated heterocycles. The van der Waals surface area contributed by atoms with E-state index in [9.17, 15) is 17.4 Å². The molecule has 3 rings (SSSR count). The highest BCUT2D eigenvalue weighted by molar-refractivity contribution is 7.85. The fraction of sp³-hybridized carbons (Fsp3) is 0.286. The maximum atomic E-state index is 12.3. The van der Waals surface area contributed by atoms with Gasteiger partial charge in [-0.15, -0.1) is 11.3 Å². The van der Waals surface area contributed by atoms with Crippen molar-refractivity contribution in [2.75, 3.05) is 5.75 Å². The minimum atomic E-state index is -4.70. The predicted octanol–water partition coefficient (Wildman–Crippen LogP) is 3.76. The molecule has 0 aromatic carbocycles. The van der Waals surface area contributed by atoms with Crippen molar-refractivity contribution in [3.8, 4) is 21.1 Å². The SMILES string of the molecule is Cc1nc(-c2cnc(Cl)nc2)sc1-c1cc(CCS(=O)C(F)(F)F)[nH]n1. The Kier molecular flexibility index (Phi) is 5.39. The Morgan fingerprint density at radius 1 is 1.31 bits per heavy atom. The van der Waals surface area contributed by atoms with Crippen molar-refractivity contribution in [1.82, 2.24) is 25.1 Å². The number of thiazole rings is 1. The van der Waals surface area contributed by atoms with E-state index in [-0.39, 0.29) is 11.7 Å². The molecule has 0 bridgehead atoms. The lowest BCUT2D eigenvalue weighted by molar-refractivity contribution is -0.0384. The number of H-pyrrole nitrogens is 1. The summed E-state index contributed by atoms with van der Waals surface area (Å²) in [5.41, 5.74) is -2.25. The van der Waals surface area contributed by atoms with E-state index in [2.05, 4.69) is 25.1 Å². The number of halogens is 4. The topological polar surface area (TPSA) is 84.4 Å². The summed E-state index contributed by atoms with van der Waals surface area (Å²) in [6, 6.07) is 1.64. The molecule has 0 aliphatic carbocycles. The van der Waals surface area contributed by atoms with Crippen molar-refractivity contribution in [3.63, 3.8) is 0 Å². The minimum Gasteiger partial charge on any atom is -0.282 e. The van der Waals surface area contributed by atoms with Crippen LogP contribution in [0, 0.1) is 6.92 Å². The number of nitrogens with zero attached hydrogens (tertiary/aromatic N) is 4. The van der Waals surface area contributed by atoms with E-state index >= 15 is 0 Å². The molecule has 0 spiro atoms. The molecule has 0 saturated carbocycles. The maximum absolute atomic E-state index is 12.3. The number of aryl methyl sites for hydroxylation is 2. The lowest BCUT2D eigenvalue weighted by atomic mass is 10.2. The number of alkyl halides is 3. The number of nitrogens with one attached hydrogen (secondary N) is 1. The summed E-state index contributed by atoms with van der Waals surface area (Å²) in [5, 5.41) is 7.61. The molecular weight excluding hydrogens is 411 g/mol.